The normalized spacial score (nSPS) is 10.7. The molecule has 3 rings (SSSR count). The molecular formula is C21H21ClN2OS. The number of carbonyl (C=O) groups is 1. The van der Waals surface area contributed by atoms with Gasteiger partial charge in [0.15, 0.2) is 0 Å². The summed E-state index contributed by atoms with van der Waals surface area (Å²) in [6.07, 6.45) is 1.90. The van der Waals surface area contributed by atoms with E-state index in [0.717, 1.165) is 28.2 Å². The van der Waals surface area contributed by atoms with Crippen molar-refractivity contribution in [2.75, 3.05) is 6.54 Å². The minimum absolute atomic E-state index is 0.0546. The number of hydrogen-bond donors (Lipinski definition) is 1. The second-order valence-corrected chi connectivity index (χ2v) is 7.53. The second kappa shape index (κ2) is 8.97. The molecule has 1 aromatic heterocycles. The first-order chi connectivity index (χ1) is 12.6. The quantitative estimate of drug-likeness (QED) is 0.618. The average molecular weight is 385 g/mol. The summed E-state index contributed by atoms with van der Waals surface area (Å²) in [4.78, 5) is 16.7. The van der Waals surface area contributed by atoms with Gasteiger partial charge in [0.05, 0.1) is 5.69 Å². The van der Waals surface area contributed by atoms with Crippen molar-refractivity contribution < 1.29 is 4.79 Å². The van der Waals surface area contributed by atoms with E-state index in [1.165, 1.54) is 5.56 Å². The largest absolute Gasteiger partial charge is 0.356 e. The molecule has 0 radical (unpaired) electrons. The van der Waals surface area contributed by atoms with E-state index >= 15 is 0 Å². The molecular weight excluding hydrogens is 364 g/mol. The Bertz CT molecular complexity index is 874. The van der Waals surface area contributed by atoms with E-state index in [9.17, 15) is 4.79 Å². The SMILES string of the molecule is Cc1ccc(-c2nc(CCNC(=O)CCc3cccc(Cl)c3)cs2)cc1. The van der Waals surface area contributed by atoms with Crippen molar-refractivity contribution in [3.8, 4) is 10.6 Å². The number of nitrogens with zero attached hydrogens (tertiary/aromatic N) is 1. The maximum atomic E-state index is 12.0. The van der Waals surface area contributed by atoms with Crippen molar-refractivity contribution in [2.45, 2.75) is 26.2 Å². The molecule has 0 saturated heterocycles. The predicted octanol–water partition coefficient (Wildman–Crippen LogP) is 5.06. The van der Waals surface area contributed by atoms with Gasteiger partial charge in [-0.05, 0) is 31.0 Å². The number of amides is 1. The number of benzene rings is 2. The van der Waals surface area contributed by atoms with Crippen LogP contribution in [0.1, 0.15) is 23.2 Å². The van der Waals surface area contributed by atoms with Gasteiger partial charge in [-0.2, -0.15) is 0 Å². The fourth-order valence-electron chi connectivity index (χ4n) is 2.62. The number of aryl methyl sites for hydroxylation is 2. The van der Waals surface area contributed by atoms with Crippen molar-refractivity contribution in [2.24, 2.45) is 0 Å². The van der Waals surface area contributed by atoms with Crippen molar-refractivity contribution in [1.29, 1.82) is 0 Å². The molecule has 1 N–H and O–H groups in total. The number of halogens is 1. The van der Waals surface area contributed by atoms with Gasteiger partial charge in [0.25, 0.3) is 0 Å². The molecule has 1 amide bonds. The minimum atomic E-state index is 0.0546. The molecule has 3 nitrogen and oxygen atoms in total. The Labute approximate surface area is 163 Å². The molecule has 1 heterocycles. The summed E-state index contributed by atoms with van der Waals surface area (Å²) >= 11 is 7.60. The average Bonchev–Trinajstić information content (AvgIpc) is 3.09. The van der Waals surface area contributed by atoms with E-state index in [1.54, 1.807) is 11.3 Å². The summed E-state index contributed by atoms with van der Waals surface area (Å²) in [5.74, 6) is 0.0546. The number of nitrogens with one attached hydrogen (secondary N) is 1. The third kappa shape index (κ3) is 5.41. The Balaban J connectivity index is 1.43. The molecule has 0 saturated carbocycles. The molecule has 0 bridgehead atoms. The van der Waals surface area contributed by atoms with E-state index < -0.39 is 0 Å². The van der Waals surface area contributed by atoms with Gasteiger partial charge in [0, 0.05) is 35.4 Å². The summed E-state index contributed by atoms with van der Waals surface area (Å²) in [5.41, 5.74) is 4.47. The Morgan fingerprint density at radius 3 is 2.73 bits per heavy atom. The third-order valence-electron chi connectivity index (χ3n) is 4.08. The highest BCUT2D eigenvalue weighted by Crippen LogP contribution is 2.24. The highest BCUT2D eigenvalue weighted by atomic mass is 35.5. The summed E-state index contributed by atoms with van der Waals surface area (Å²) < 4.78 is 0. The van der Waals surface area contributed by atoms with Gasteiger partial charge in [-0.1, -0.05) is 53.6 Å². The standard InChI is InChI=1S/C21H21ClN2OS/c1-15-5-8-17(9-6-15)21-24-19(14-26-21)11-12-23-20(25)10-7-16-3-2-4-18(22)13-16/h2-6,8-9,13-14H,7,10-12H2,1H3,(H,23,25). The van der Waals surface area contributed by atoms with Crippen molar-refractivity contribution in [1.82, 2.24) is 10.3 Å². The molecule has 0 atom stereocenters. The Hall–Kier alpha value is -2.17. The minimum Gasteiger partial charge on any atom is -0.356 e. The number of hydrogen-bond acceptors (Lipinski definition) is 3. The van der Waals surface area contributed by atoms with Gasteiger partial charge in [-0.15, -0.1) is 11.3 Å². The van der Waals surface area contributed by atoms with Crippen LogP contribution < -0.4 is 5.32 Å². The zero-order valence-electron chi connectivity index (χ0n) is 14.7. The van der Waals surface area contributed by atoms with Gasteiger partial charge < -0.3 is 5.32 Å². The van der Waals surface area contributed by atoms with Crippen molar-refractivity contribution in [3.05, 3.63) is 75.8 Å². The van der Waals surface area contributed by atoms with Crippen LogP contribution in [0, 0.1) is 6.92 Å². The van der Waals surface area contributed by atoms with Crippen LogP contribution in [0.15, 0.2) is 53.9 Å². The zero-order chi connectivity index (χ0) is 18.4. The van der Waals surface area contributed by atoms with Crippen LogP contribution in [-0.2, 0) is 17.6 Å². The first kappa shape index (κ1) is 18.6. The van der Waals surface area contributed by atoms with Crippen LogP contribution >= 0.6 is 22.9 Å². The Morgan fingerprint density at radius 2 is 1.96 bits per heavy atom. The van der Waals surface area contributed by atoms with Crippen molar-refractivity contribution >= 4 is 28.8 Å². The van der Waals surface area contributed by atoms with Gasteiger partial charge in [-0.3, -0.25) is 4.79 Å². The number of rotatable bonds is 7. The highest BCUT2D eigenvalue weighted by molar-refractivity contribution is 7.13. The summed E-state index contributed by atoms with van der Waals surface area (Å²) in [7, 11) is 0. The van der Waals surface area contributed by atoms with E-state index in [0.29, 0.717) is 24.4 Å². The number of carbonyl (C=O) groups excluding carboxylic acids is 1. The number of thiazole rings is 1. The molecule has 0 spiro atoms. The topological polar surface area (TPSA) is 42.0 Å². The molecule has 0 aliphatic heterocycles. The van der Waals surface area contributed by atoms with E-state index in [-0.39, 0.29) is 5.91 Å². The van der Waals surface area contributed by atoms with Gasteiger partial charge in [-0.25, -0.2) is 4.98 Å². The first-order valence-corrected chi connectivity index (χ1v) is 9.88. The van der Waals surface area contributed by atoms with E-state index in [1.807, 2.05) is 24.3 Å². The number of aromatic nitrogens is 1. The lowest BCUT2D eigenvalue weighted by Crippen LogP contribution is -2.25. The summed E-state index contributed by atoms with van der Waals surface area (Å²) in [5, 5.41) is 6.75. The fraction of sp³-hybridized carbons (Fsp3) is 0.238. The van der Waals surface area contributed by atoms with Crippen LogP contribution in [0.3, 0.4) is 0 Å². The second-order valence-electron chi connectivity index (χ2n) is 6.24. The maximum absolute atomic E-state index is 12.0. The van der Waals surface area contributed by atoms with E-state index in [4.69, 9.17) is 11.6 Å². The molecule has 0 aliphatic rings. The highest BCUT2D eigenvalue weighted by Gasteiger charge is 2.06. The van der Waals surface area contributed by atoms with Crippen molar-refractivity contribution in [3.63, 3.8) is 0 Å². The van der Waals surface area contributed by atoms with Gasteiger partial charge in [0.1, 0.15) is 5.01 Å². The Morgan fingerprint density at radius 1 is 1.15 bits per heavy atom. The summed E-state index contributed by atoms with van der Waals surface area (Å²) in [6.45, 7) is 2.68. The molecule has 134 valence electrons. The van der Waals surface area contributed by atoms with Gasteiger partial charge >= 0.3 is 0 Å². The smallest absolute Gasteiger partial charge is 0.220 e. The Kier molecular flexibility index (Phi) is 6.42. The maximum Gasteiger partial charge on any atom is 0.220 e. The molecule has 0 aliphatic carbocycles. The molecule has 3 aromatic rings. The van der Waals surface area contributed by atoms with Crippen LogP contribution in [0.25, 0.3) is 10.6 Å². The molecule has 26 heavy (non-hydrogen) atoms. The lowest BCUT2D eigenvalue weighted by molar-refractivity contribution is -0.121. The molecule has 2 aromatic carbocycles. The van der Waals surface area contributed by atoms with Crippen LogP contribution in [0.4, 0.5) is 0 Å². The fourth-order valence-corrected chi connectivity index (χ4v) is 3.69. The zero-order valence-corrected chi connectivity index (χ0v) is 16.2. The van der Waals surface area contributed by atoms with Gasteiger partial charge in [0.2, 0.25) is 5.91 Å². The van der Waals surface area contributed by atoms with Crippen LogP contribution in [0.5, 0.6) is 0 Å². The monoisotopic (exact) mass is 384 g/mol. The first-order valence-electron chi connectivity index (χ1n) is 8.63. The lowest BCUT2D eigenvalue weighted by Gasteiger charge is -2.05. The molecule has 0 fully saturated rings. The van der Waals surface area contributed by atoms with E-state index in [2.05, 4.69) is 46.9 Å². The van der Waals surface area contributed by atoms with Crippen LogP contribution in [-0.4, -0.2) is 17.4 Å². The third-order valence-corrected chi connectivity index (χ3v) is 5.26. The molecule has 0 unspecified atom stereocenters. The summed E-state index contributed by atoms with van der Waals surface area (Å²) in [6, 6.07) is 16.0. The lowest BCUT2D eigenvalue weighted by atomic mass is 10.1. The van der Waals surface area contributed by atoms with Crippen LogP contribution in [0.2, 0.25) is 5.02 Å². The predicted molar refractivity (Wildman–Crippen MR) is 109 cm³/mol. The molecule has 5 heteroatoms.